The lowest BCUT2D eigenvalue weighted by Gasteiger charge is -2.24. The van der Waals surface area contributed by atoms with Crippen molar-refractivity contribution < 1.29 is 19.4 Å². The number of anilines is 2. The molecule has 1 fully saturated rings. The molecule has 2 amide bonds. The fourth-order valence-corrected chi connectivity index (χ4v) is 4.69. The van der Waals surface area contributed by atoms with Crippen LogP contribution in [0.15, 0.2) is 52.3 Å². The highest BCUT2D eigenvalue weighted by molar-refractivity contribution is 7.99. The first-order chi connectivity index (χ1) is 14.9. The number of ether oxygens (including phenoxy) is 1. The Bertz CT molecular complexity index is 981. The fourth-order valence-electron chi connectivity index (χ4n) is 3.73. The third kappa shape index (κ3) is 5.03. The lowest BCUT2D eigenvalue weighted by atomic mass is 10.0. The van der Waals surface area contributed by atoms with Crippen molar-refractivity contribution in [2.24, 2.45) is 5.92 Å². The second-order valence-corrected chi connectivity index (χ2v) is 9.34. The summed E-state index contributed by atoms with van der Waals surface area (Å²) in [5.74, 6) is -0.409. The minimum Gasteiger partial charge on any atom is -0.366 e. The first kappa shape index (κ1) is 21.7. The summed E-state index contributed by atoms with van der Waals surface area (Å²) >= 11 is 1.65. The van der Waals surface area contributed by atoms with Crippen LogP contribution in [0.3, 0.4) is 0 Å². The summed E-state index contributed by atoms with van der Waals surface area (Å²) in [5.41, 5.74) is 2.36. The van der Waals surface area contributed by atoms with E-state index in [1.165, 1.54) is 0 Å². The average Bonchev–Trinajstić information content (AvgIpc) is 3.15. The number of hydrogen-bond donors (Lipinski definition) is 4. The maximum Gasteiger partial charge on any atom is 0.252 e. The zero-order valence-electron chi connectivity index (χ0n) is 17.6. The van der Waals surface area contributed by atoms with E-state index in [1.54, 1.807) is 17.8 Å². The highest BCUT2D eigenvalue weighted by Crippen LogP contribution is 2.44. The van der Waals surface area contributed by atoms with Crippen LogP contribution in [0.25, 0.3) is 0 Å². The van der Waals surface area contributed by atoms with Gasteiger partial charge in [-0.3, -0.25) is 9.59 Å². The van der Waals surface area contributed by atoms with Crippen LogP contribution in [0.5, 0.6) is 0 Å². The van der Waals surface area contributed by atoms with E-state index in [0.29, 0.717) is 25.0 Å². The number of amides is 2. The molecule has 1 unspecified atom stereocenters. The number of hydrogen-bond acceptors (Lipinski definition) is 6. The Hall–Kier alpha value is -2.55. The topological polar surface area (TPSA) is 99.7 Å². The van der Waals surface area contributed by atoms with Crippen LogP contribution in [0.4, 0.5) is 11.4 Å². The van der Waals surface area contributed by atoms with Gasteiger partial charge in [-0.05, 0) is 49.1 Å². The summed E-state index contributed by atoms with van der Waals surface area (Å²) in [6, 6.07) is 12.4. The predicted octanol–water partition coefficient (Wildman–Crippen LogP) is 3.26. The van der Waals surface area contributed by atoms with Gasteiger partial charge >= 0.3 is 0 Å². The van der Waals surface area contributed by atoms with E-state index in [9.17, 15) is 14.7 Å². The van der Waals surface area contributed by atoms with Crippen LogP contribution >= 0.6 is 11.8 Å². The van der Waals surface area contributed by atoms with E-state index in [-0.39, 0.29) is 17.7 Å². The Kier molecular flexibility index (Phi) is 6.50. The van der Waals surface area contributed by atoms with Crippen molar-refractivity contribution in [1.82, 2.24) is 10.6 Å². The van der Waals surface area contributed by atoms with Crippen molar-refractivity contribution >= 4 is 35.0 Å². The Morgan fingerprint density at radius 1 is 1.19 bits per heavy atom. The number of aliphatic hydroxyl groups excluding tert-OH is 1. The van der Waals surface area contributed by atoms with Gasteiger partial charge in [0.15, 0.2) is 6.29 Å². The summed E-state index contributed by atoms with van der Waals surface area (Å²) < 4.78 is 5.10. The van der Waals surface area contributed by atoms with Crippen LogP contribution in [-0.2, 0) is 9.53 Å². The molecule has 2 aliphatic rings. The van der Waals surface area contributed by atoms with Crippen molar-refractivity contribution in [2.75, 3.05) is 11.9 Å². The number of nitrogens with one attached hydrogen (secondary N) is 3. The van der Waals surface area contributed by atoms with Gasteiger partial charge in [0.05, 0.1) is 24.0 Å². The summed E-state index contributed by atoms with van der Waals surface area (Å²) in [7, 11) is 0. The maximum atomic E-state index is 13.0. The number of carbonyl (C=O) groups excluding carboxylic acids is 2. The molecule has 4 N–H and O–H groups in total. The van der Waals surface area contributed by atoms with E-state index < -0.39 is 18.4 Å². The lowest BCUT2D eigenvalue weighted by Crippen LogP contribution is -2.51. The summed E-state index contributed by atoms with van der Waals surface area (Å²) in [6.07, 6.45) is 0.0323. The van der Waals surface area contributed by atoms with Gasteiger partial charge in [-0.1, -0.05) is 37.7 Å². The minimum absolute atomic E-state index is 0.207. The molecule has 0 aliphatic carbocycles. The molecule has 0 radical (unpaired) electrons. The molecule has 1 saturated heterocycles. The van der Waals surface area contributed by atoms with Crippen LogP contribution in [-0.4, -0.2) is 41.9 Å². The molecule has 2 aromatic carbocycles. The molecule has 8 heteroatoms. The summed E-state index contributed by atoms with van der Waals surface area (Å²) in [6.45, 7) is 4.39. The zero-order chi connectivity index (χ0) is 22.0. The highest BCUT2D eigenvalue weighted by atomic mass is 32.2. The molecule has 0 spiro atoms. The van der Waals surface area contributed by atoms with E-state index in [0.717, 1.165) is 21.2 Å². The molecule has 2 heterocycles. The van der Waals surface area contributed by atoms with Gasteiger partial charge in [0.1, 0.15) is 6.04 Å². The quantitative estimate of drug-likeness (QED) is 0.469. The first-order valence-corrected chi connectivity index (χ1v) is 11.3. The van der Waals surface area contributed by atoms with Crippen molar-refractivity contribution in [3.63, 3.8) is 0 Å². The highest BCUT2D eigenvalue weighted by Gasteiger charge is 2.31. The maximum absolute atomic E-state index is 13.0. The van der Waals surface area contributed by atoms with Gasteiger partial charge in [-0.2, -0.15) is 0 Å². The van der Waals surface area contributed by atoms with E-state index in [4.69, 9.17) is 4.74 Å². The SMILES string of the molecule is CC(C)C[C@H](NC(=O)c1ccc2c(c1)Nc1ccccc1S2)C(=O)NC1CCO[C@H]1O. The van der Waals surface area contributed by atoms with E-state index >= 15 is 0 Å². The van der Waals surface area contributed by atoms with Crippen LogP contribution in [0, 0.1) is 5.92 Å². The molecular weight excluding hydrogens is 414 g/mol. The van der Waals surface area contributed by atoms with Crippen molar-refractivity contribution in [3.05, 3.63) is 48.0 Å². The number of para-hydroxylation sites is 1. The van der Waals surface area contributed by atoms with Gasteiger partial charge in [-0.25, -0.2) is 0 Å². The number of carbonyl (C=O) groups is 2. The Morgan fingerprint density at radius 3 is 2.71 bits per heavy atom. The average molecular weight is 442 g/mol. The summed E-state index contributed by atoms with van der Waals surface area (Å²) in [5, 5.41) is 18.9. The largest absolute Gasteiger partial charge is 0.366 e. The zero-order valence-corrected chi connectivity index (χ0v) is 18.4. The molecule has 0 bridgehead atoms. The third-order valence-electron chi connectivity index (χ3n) is 5.34. The molecule has 164 valence electrons. The van der Waals surface area contributed by atoms with Crippen molar-refractivity contribution in [2.45, 2.75) is 54.9 Å². The molecule has 3 atom stereocenters. The third-order valence-corrected chi connectivity index (χ3v) is 6.49. The second-order valence-electron chi connectivity index (χ2n) is 8.25. The van der Waals surface area contributed by atoms with Gasteiger partial charge < -0.3 is 25.8 Å². The van der Waals surface area contributed by atoms with Crippen LogP contribution in [0.2, 0.25) is 0 Å². The normalized spacial score (nSPS) is 20.4. The lowest BCUT2D eigenvalue weighted by molar-refractivity contribution is -0.127. The van der Waals surface area contributed by atoms with E-state index in [1.807, 2.05) is 44.2 Å². The fraction of sp³-hybridized carbons (Fsp3) is 0.391. The number of benzene rings is 2. The smallest absolute Gasteiger partial charge is 0.252 e. The molecule has 0 aromatic heterocycles. The monoisotopic (exact) mass is 441 g/mol. The molecular formula is C23H27N3O4S. The van der Waals surface area contributed by atoms with Gasteiger partial charge in [0.2, 0.25) is 5.91 Å². The van der Waals surface area contributed by atoms with Crippen molar-refractivity contribution in [3.8, 4) is 0 Å². The molecule has 2 aliphatic heterocycles. The predicted molar refractivity (Wildman–Crippen MR) is 120 cm³/mol. The van der Waals surface area contributed by atoms with Crippen molar-refractivity contribution in [1.29, 1.82) is 0 Å². The molecule has 2 aromatic rings. The van der Waals surface area contributed by atoms with Gasteiger partial charge in [0, 0.05) is 15.4 Å². The Labute approximate surface area is 185 Å². The summed E-state index contributed by atoms with van der Waals surface area (Å²) in [4.78, 5) is 28.0. The Balaban J connectivity index is 1.46. The minimum atomic E-state index is -1.01. The van der Waals surface area contributed by atoms with Gasteiger partial charge in [-0.15, -0.1) is 0 Å². The standard InChI is InChI=1S/C23H27N3O4S/c1-13(2)11-18(22(28)25-16-9-10-30-23(16)29)26-21(27)14-7-8-20-17(12-14)24-15-5-3-4-6-19(15)31-20/h3-8,12-13,16,18,23-24,29H,9-11H2,1-2H3,(H,25,28)(H,26,27)/t16?,18-,23+/m0/s1. The van der Waals surface area contributed by atoms with Crippen LogP contribution in [0.1, 0.15) is 37.0 Å². The number of aliphatic hydroxyl groups is 1. The molecule has 0 saturated carbocycles. The van der Waals surface area contributed by atoms with Gasteiger partial charge in [0.25, 0.3) is 5.91 Å². The van der Waals surface area contributed by atoms with Crippen LogP contribution < -0.4 is 16.0 Å². The molecule has 4 rings (SSSR count). The number of fused-ring (bicyclic) bond motifs is 2. The first-order valence-electron chi connectivity index (χ1n) is 10.5. The van der Waals surface area contributed by atoms with E-state index in [2.05, 4.69) is 22.0 Å². The number of rotatable bonds is 6. The second kappa shape index (κ2) is 9.30. The Morgan fingerprint density at radius 2 is 1.97 bits per heavy atom. The molecule has 31 heavy (non-hydrogen) atoms. The molecule has 7 nitrogen and oxygen atoms in total.